The van der Waals surface area contributed by atoms with Gasteiger partial charge in [-0.2, -0.15) is 0 Å². The predicted octanol–water partition coefficient (Wildman–Crippen LogP) is 5.15. The average Bonchev–Trinajstić information content (AvgIpc) is 2.76. The molecule has 0 spiro atoms. The van der Waals surface area contributed by atoms with Crippen LogP contribution >= 0.6 is 0 Å². The molecule has 1 heteroatoms. The van der Waals surface area contributed by atoms with Crippen LogP contribution in [0.15, 0.2) is 11.6 Å². The summed E-state index contributed by atoms with van der Waals surface area (Å²) in [6.07, 6.45) is 12.6. The SMILES string of the molecule is C[C@H]1C=C2CCCC[C@]2(C)[C@H]2CC[C@]3(C)C(=O)CC[C@H]3[C@H]12. The van der Waals surface area contributed by atoms with Gasteiger partial charge in [0.05, 0.1) is 0 Å². The molecule has 0 aliphatic heterocycles. The van der Waals surface area contributed by atoms with Crippen molar-refractivity contribution in [1.82, 2.24) is 0 Å². The summed E-state index contributed by atoms with van der Waals surface area (Å²) < 4.78 is 0. The van der Waals surface area contributed by atoms with E-state index in [9.17, 15) is 4.79 Å². The standard InChI is InChI=1S/C20H30O/c1-13-12-14-6-4-5-10-19(14,2)16-9-11-20(3)15(18(13)16)7-8-17(20)21/h12-13,15-16,18H,4-11H2,1-3H3/t13-,15-,16-,18-,19-,20-/m0/s1. The molecule has 0 amide bonds. The lowest BCUT2D eigenvalue weighted by Crippen LogP contribution is -2.51. The summed E-state index contributed by atoms with van der Waals surface area (Å²) in [5, 5.41) is 0. The number of hydrogen-bond donors (Lipinski definition) is 0. The van der Waals surface area contributed by atoms with Crippen LogP contribution in [-0.2, 0) is 4.79 Å². The number of allylic oxidation sites excluding steroid dienone is 2. The van der Waals surface area contributed by atoms with Crippen LogP contribution in [0, 0.1) is 34.5 Å². The molecule has 21 heavy (non-hydrogen) atoms. The van der Waals surface area contributed by atoms with Crippen molar-refractivity contribution in [3.05, 3.63) is 11.6 Å². The van der Waals surface area contributed by atoms with Gasteiger partial charge in [-0.15, -0.1) is 0 Å². The topological polar surface area (TPSA) is 17.1 Å². The first-order valence-corrected chi connectivity index (χ1v) is 9.21. The number of fused-ring (bicyclic) bond motifs is 5. The van der Waals surface area contributed by atoms with Crippen LogP contribution in [0.3, 0.4) is 0 Å². The highest BCUT2D eigenvalue weighted by Crippen LogP contribution is 2.65. The van der Waals surface area contributed by atoms with Crippen molar-refractivity contribution in [2.24, 2.45) is 34.5 Å². The van der Waals surface area contributed by atoms with Crippen molar-refractivity contribution in [3.8, 4) is 0 Å². The number of ketones is 1. The summed E-state index contributed by atoms with van der Waals surface area (Å²) in [5.41, 5.74) is 2.25. The molecule has 0 aromatic carbocycles. The molecule has 4 rings (SSSR count). The fraction of sp³-hybridized carbons (Fsp3) is 0.850. The molecule has 3 saturated carbocycles. The van der Waals surface area contributed by atoms with E-state index < -0.39 is 0 Å². The highest BCUT2D eigenvalue weighted by molar-refractivity contribution is 5.87. The van der Waals surface area contributed by atoms with E-state index in [0.717, 1.165) is 24.7 Å². The molecule has 4 aliphatic rings. The van der Waals surface area contributed by atoms with Gasteiger partial charge in [-0.1, -0.05) is 38.8 Å². The monoisotopic (exact) mass is 286 g/mol. The normalized spacial score (nSPS) is 52.7. The molecule has 116 valence electrons. The first-order valence-electron chi connectivity index (χ1n) is 9.21. The van der Waals surface area contributed by atoms with Gasteiger partial charge in [0.2, 0.25) is 0 Å². The Bertz CT molecular complexity index is 504. The summed E-state index contributed by atoms with van der Waals surface area (Å²) in [7, 11) is 0. The molecule has 0 radical (unpaired) electrons. The van der Waals surface area contributed by atoms with E-state index in [2.05, 4.69) is 26.8 Å². The largest absolute Gasteiger partial charge is 0.299 e. The van der Waals surface area contributed by atoms with Gasteiger partial charge in [-0.3, -0.25) is 4.79 Å². The maximum atomic E-state index is 12.5. The predicted molar refractivity (Wildman–Crippen MR) is 85.9 cm³/mol. The van der Waals surface area contributed by atoms with Crippen molar-refractivity contribution in [2.45, 2.75) is 72.1 Å². The van der Waals surface area contributed by atoms with Crippen LogP contribution in [0.25, 0.3) is 0 Å². The maximum absolute atomic E-state index is 12.5. The van der Waals surface area contributed by atoms with Crippen molar-refractivity contribution in [3.63, 3.8) is 0 Å². The number of hydrogen-bond acceptors (Lipinski definition) is 1. The van der Waals surface area contributed by atoms with Crippen molar-refractivity contribution < 1.29 is 4.79 Å². The minimum absolute atomic E-state index is 0.0196. The lowest BCUT2D eigenvalue weighted by Gasteiger charge is -2.58. The number of Topliss-reactive ketones (excluding diaryl/α,β-unsaturated/α-hetero) is 1. The van der Waals surface area contributed by atoms with Gasteiger partial charge in [0.1, 0.15) is 5.78 Å². The molecule has 0 unspecified atom stereocenters. The van der Waals surface area contributed by atoms with Crippen LogP contribution in [0.1, 0.15) is 72.1 Å². The van der Waals surface area contributed by atoms with Crippen LogP contribution in [0.5, 0.6) is 0 Å². The molecule has 0 heterocycles. The van der Waals surface area contributed by atoms with Crippen molar-refractivity contribution in [2.75, 3.05) is 0 Å². The fourth-order valence-electron chi connectivity index (χ4n) is 6.82. The maximum Gasteiger partial charge on any atom is 0.139 e. The molecule has 0 aromatic rings. The smallest absolute Gasteiger partial charge is 0.139 e. The fourth-order valence-corrected chi connectivity index (χ4v) is 6.82. The Morgan fingerprint density at radius 1 is 1.00 bits per heavy atom. The second kappa shape index (κ2) is 4.46. The summed E-state index contributed by atoms with van der Waals surface area (Å²) in [6, 6.07) is 0. The summed E-state index contributed by atoms with van der Waals surface area (Å²) in [4.78, 5) is 12.5. The van der Waals surface area contributed by atoms with Gasteiger partial charge in [0.15, 0.2) is 0 Å². The molecule has 3 fully saturated rings. The third-order valence-electron chi connectivity index (χ3n) is 8.06. The van der Waals surface area contributed by atoms with Crippen LogP contribution in [-0.4, -0.2) is 5.78 Å². The van der Waals surface area contributed by atoms with Crippen LogP contribution < -0.4 is 0 Å². The van der Waals surface area contributed by atoms with E-state index in [0.29, 0.717) is 23.0 Å². The highest BCUT2D eigenvalue weighted by atomic mass is 16.1. The van der Waals surface area contributed by atoms with E-state index in [1.165, 1.54) is 38.5 Å². The van der Waals surface area contributed by atoms with Gasteiger partial charge in [-0.05, 0) is 67.6 Å². The van der Waals surface area contributed by atoms with Crippen LogP contribution in [0.2, 0.25) is 0 Å². The molecular formula is C20H30O. The minimum Gasteiger partial charge on any atom is -0.299 e. The zero-order valence-corrected chi connectivity index (χ0v) is 14.0. The Kier molecular flexibility index (Phi) is 2.98. The molecule has 0 saturated heterocycles. The highest BCUT2D eigenvalue weighted by Gasteiger charge is 2.59. The summed E-state index contributed by atoms with van der Waals surface area (Å²) >= 11 is 0. The number of carbonyl (C=O) groups excluding carboxylic acids is 1. The van der Waals surface area contributed by atoms with Gasteiger partial charge in [0, 0.05) is 11.8 Å². The van der Waals surface area contributed by atoms with E-state index in [-0.39, 0.29) is 5.41 Å². The van der Waals surface area contributed by atoms with Gasteiger partial charge < -0.3 is 0 Å². The number of rotatable bonds is 0. The third-order valence-corrected chi connectivity index (χ3v) is 8.06. The van der Waals surface area contributed by atoms with Gasteiger partial charge in [-0.25, -0.2) is 0 Å². The Hall–Kier alpha value is -0.590. The molecular weight excluding hydrogens is 256 g/mol. The molecule has 6 atom stereocenters. The molecule has 1 nitrogen and oxygen atoms in total. The van der Waals surface area contributed by atoms with Gasteiger partial charge in [0.25, 0.3) is 0 Å². The zero-order valence-electron chi connectivity index (χ0n) is 14.0. The third kappa shape index (κ3) is 1.72. The molecule has 0 N–H and O–H groups in total. The summed E-state index contributed by atoms with van der Waals surface area (Å²) in [5.74, 6) is 3.53. The Labute approximate surface area is 129 Å². The van der Waals surface area contributed by atoms with Crippen LogP contribution in [0.4, 0.5) is 0 Å². The Morgan fingerprint density at radius 3 is 2.57 bits per heavy atom. The molecule has 4 aliphatic carbocycles. The van der Waals surface area contributed by atoms with Gasteiger partial charge >= 0.3 is 0 Å². The van der Waals surface area contributed by atoms with E-state index in [1.807, 2.05) is 0 Å². The minimum atomic E-state index is 0.0196. The Morgan fingerprint density at radius 2 is 1.76 bits per heavy atom. The second-order valence-corrected chi connectivity index (χ2v) is 8.88. The lowest BCUT2D eigenvalue weighted by atomic mass is 9.46. The van der Waals surface area contributed by atoms with E-state index >= 15 is 0 Å². The van der Waals surface area contributed by atoms with E-state index in [4.69, 9.17) is 0 Å². The molecule has 0 aromatic heterocycles. The van der Waals surface area contributed by atoms with Crippen molar-refractivity contribution in [1.29, 1.82) is 0 Å². The Balaban J connectivity index is 1.76. The summed E-state index contributed by atoms with van der Waals surface area (Å²) in [6.45, 7) is 7.28. The zero-order chi connectivity index (χ0) is 14.8. The van der Waals surface area contributed by atoms with E-state index in [1.54, 1.807) is 5.57 Å². The number of carbonyl (C=O) groups is 1. The molecule has 0 bridgehead atoms. The quantitative estimate of drug-likeness (QED) is 0.562. The second-order valence-electron chi connectivity index (χ2n) is 8.88. The van der Waals surface area contributed by atoms with Crippen molar-refractivity contribution >= 4 is 5.78 Å². The first-order chi connectivity index (χ1) is 9.97. The lowest BCUT2D eigenvalue weighted by molar-refractivity contribution is -0.133. The average molecular weight is 286 g/mol. The first kappa shape index (κ1) is 14.0.